The Morgan fingerprint density at radius 1 is 1.04 bits per heavy atom. The van der Waals surface area contributed by atoms with E-state index >= 15 is 0 Å². The van der Waals surface area contributed by atoms with Gasteiger partial charge in [0.15, 0.2) is 5.60 Å². The minimum atomic E-state index is -1.26. The Bertz CT molecular complexity index is 805. The number of anilines is 1. The topological polar surface area (TPSA) is 93.1 Å². The predicted octanol–water partition coefficient (Wildman–Crippen LogP) is 3.99. The number of nitrogens with zero attached hydrogens (tertiary/aromatic N) is 1. The Balaban J connectivity index is 1.99. The summed E-state index contributed by atoms with van der Waals surface area (Å²) in [5.41, 5.74) is -1.44. The number of halogens is 2. The molecule has 1 aromatic carbocycles. The fourth-order valence-corrected chi connectivity index (χ4v) is 3.05. The van der Waals surface area contributed by atoms with Crippen molar-refractivity contribution >= 4 is 55.3 Å². The molecule has 0 aromatic heterocycles. The zero-order valence-corrected chi connectivity index (χ0v) is 19.1. The van der Waals surface area contributed by atoms with Crippen LogP contribution in [0.1, 0.15) is 34.1 Å². The van der Waals surface area contributed by atoms with E-state index in [1.54, 1.807) is 24.3 Å². The second-order valence-electron chi connectivity index (χ2n) is 7.34. The highest BCUT2D eigenvalue weighted by molar-refractivity contribution is 9.14. The molecule has 2 rings (SSSR count). The van der Waals surface area contributed by atoms with Crippen molar-refractivity contribution in [1.82, 2.24) is 0 Å². The first-order chi connectivity index (χ1) is 12.9. The molecular weight excluding hydrogens is 498 g/mol. The number of carbonyl (C=O) groups is 3. The van der Waals surface area contributed by atoms with Crippen LogP contribution in [0, 0.1) is 0 Å². The van der Waals surface area contributed by atoms with E-state index in [1.165, 1.54) is 13.8 Å². The molecule has 0 saturated carbocycles. The molecule has 0 spiro atoms. The van der Waals surface area contributed by atoms with Gasteiger partial charge in [-0.3, -0.25) is 9.59 Å². The van der Waals surface area contributed by atoms with E-state index in [0.717, 1.165) is 4.90 Å². The van der Waals surface area contributed by atoms with Gasteiger partial charge in [0.05, 0.1) is 12.3 Å². The van der Waals surface area contributed by atoms with Crippen LogP contribution >= 0.6 is 31.9 Å². The van der Waals surface area contributed by atoms with Gasteiger partial charge in [0.25, 0.3) is 11.8 Å². The van der Waals surface area contributed by atoms with Crippen LogP contribution in [-0.4, -0.2) is 40.7 Å². The lowest BCUT2D eigenvalue weighted by Crippen LogP contribution is -2.37. The Labute approximate surface area is 179 Å². The summed E-state index contributed by atoms with van der Waals surface area (Å²) < 4.78 is 11.7. The summed E-state index contributed by atoms with van der Waals surface area (Å²) in [7, 11) is 0. The number of imide groups is 1. The molecule has 7 nitrogen and oxygen atoms in total. The number of hydrogen-bond acceptors (Lipinski definition) is 5. The van der Waals surface area contributed by atoms with Crippen molar-refractivity contribution in [2.75, 3.05) is 11.5 Å². The lowest BCUT2D eigenvalue weighted by Gasteiger charge is -2.28. The molecular formula is C19H21Br2NO6. The maximum atomic E-state index is 12.2. The van der Waals surface area contributed by atoms with Crippen molar-refractivity contribution in [3.8, 4) is 5.75 Å². The molecule has 28 heavy (non-hydrogen) atoms. The minimum absolute atomic E-state index is 0.184. The number of benzene rings is 1. The van der Waals surface area contributed by atoms with E-state index < -0.39 is 29.0 Å². The van der Waals surface area contributed by atoms with Crippen LogP contribution < -0.4 is 9.64 Å². The van der Waals surface area contributed by atoms with Crippen LogP contribution in [0.4, 0.5) is 5.69 Å². The molecule has 152 valence electrons. The third-order valence-electron chi connectivity index (χ3n) is 4.15. The summed E-state index contributed by atoms with van der Waals surface area (Å²) in [5.74, 6) is -1.36. The highest BCUT2D eigenvalue weighted by Gasteiger charge is 2.37. The number of hydrogen-bond donors (Lipinski definition) is 1. The van der Waals surface area contributed by atoms with Crippen molar-refractivity contribution in [3.05, 3.63) is 33.2 Å². The first-order valence-electron chi connectivity index (χ1n) is 8.46. The molecule has 0 saturated heterocycles. The third kappa shape index (κ3) is 5.01. The first kappa shape index (κ1) is 22.6. The molecule has 0 aliphatic carbocycles. The summed E-state index contributed by atoms with van der Waals surface area (Å²) in [6.45, 7) is 6.94. The molecule has 1 N–H and O–H groups in total. The molecule has 1 aromatic rings. The average molecular weight is 519 g/mol. The second-order valence-corrected chi connectivity index (χ2v) is 8.93. The number of ether oxygens (including phenoxy) is 2. The van der Waals surface area contributed by atoms with Gasteiger partial charge in [-0.1, -0.05) is 0 Å². The van der Waals surface area contributed by atoms with Crippen LogP contribution in [0.5, 0.6) is 5.75 Å². The summed E-state index contributed by atoms with van der Waals surface area (Å²) in [5, 5.41) is 9.07. The van der Waals surface area contributed by atoms with E-state index in [1.807, 2.05) is 13.8 Å². The number of amides is 2. The van der Waals surface area contributed by atoms with Crippen molar-refractivity contribution in [1.29, 1.82) is 0 Å². The Hall–Kier alpha value is -1.71. The van der Waals surface area contributed by atoms with Gasteiger partial charge in [-0.25, -0.2) is 9.69 Å². The number of carboxylic acids is 1. The fourth-order valence-electron chi connectivity index (χ4n) is 2.36. The van der Waals surface area contributed by atoms with Crippen LogP contribution in [0.25, 0.3) is 0 Å². The molecule has 1 aliphatic rings. The van der Waals surface area contributed by atoms with Gasteiger partial charge in [0.2, 0.25) is 0 Å². The molecule has 1 aliphatic heterocycles. The Morgan fingerprint density at radius 2 is 1.54 bits per heavy atom. The van der Waals surface area contributed by atoms with E-state index in [0.29, 0.717) is 17.9 Å². The van der Waals surface area contributed by atoms with E-state index in [-0.39, 0.29) is 15.6 Å². The van der Waals surface area contributed by atoms with E-state index in [9.17, 15) is 14.4 Å². The van der Waals surface area contributed by atoms with Crippen LogP contribution in [-0.2, 0) is 19.1 Å². The van der Waals surface area contributed by atoms with Gasteiger partial charge in [0, 0.05) is 6.42 Å². The summed E-state index contributed by atoms with van der Waals surface area (Å²) in [6, 6.07) is 6.58. The normalized spacial score (nSPS) is 15.4. The van der Waals surface area contributed by atoms with Crippen molar-refractivity contribution in [2.24, 2.45) is 0 Å². The number of carboxylic acid groups (broad SMARTS) is 1. The number of carbonyl (C=O) groups excluding carboxylic acids is 2. The highest BCUT2D eigenvalue weighted by atomic mass is 79.9. The van der Waals surface area contributed by atoms with Crippen molar-refractivity contribution < 1.29 is 29.0 Å². The Morgan fingerprint density at radius 3 is 2.00 bits per heavy atom. The maximum Gasteiger partial charge on any atom is 0.335 e. The van der Waals surface area contributed by atoms with Crippen LogP contribution in [0.2, 0.25) is 0 Å². The zero-order chi connectivity index (χ0) is 21.3. The summed E-state index contributed by atoms with van der Waals surface area (Å²) in [6.07, 6.45) is 0.471. The zero-order valence-electron chi connectivity index (χ0n) is 15.9. The van der Waals surface area contributed by atoms with Gasteiger partial charge in [-0.05, 0) is 83.8 Å². The highest BCUT2D eigenvalue weighted by Crippen LogP contribution is 2.34. The molecule has 2 amide bonds. The number of aliphatic carboxylic acids is 1. The molecule has 1 heterocycles. The molecule has 0 atom stereocenters. The smallest absolute Gasteiger partial charge is 0.335 e. The van der Waals surface area contributed by atoms with Crippen molar-refractivity contribution in [3.63, 3.8) is 0 Å². The first-order valence-corrected chi connectivity index (χ1v) is 10.0. The SMILES string of the molecule is CC(C)(CCOC(C)(C)C(=O)O)Oc1ccc(N2C(=O)C(Br)=C(Br)C2=O)cc1. The maximum absolute atomic E-state index is 12.2. The molecule has 0 radical (unpaired) electrons. The van der Waals surface area contributed by atoms with Gasteiger partial charge in [0.1, 0.15) is 20.3 Å². The van der Waals surface area contributed by atoms with Gasteiger partial charge in [-0.2, -0.15) is 0 Å². The molecule has 0 bridgehead atoms. The monoisotopic (exact) mass is 517 g/mol. The molecule has 9 heteroatoms. The van der Waals surface area contributed by atoms with Gasteiger partial charge in [-0.15, -0.1) is 0 Å². The standard InChI is InChI=1S/C19H21Br2NO6/c1-18(2,9-10-27-19(3,4)17(25)26)28-12-7-5-11(6-8-12)22-15(23)13(20)14(21)16(22)24/h5-8H,9-10H2,1-4H3,(H,25,26). The van der Waals surface area contributed by atoms with E-state index in [2.05, 4.69) is 31.9 Å². The molecule has 0 unspecified atom stereocenters. The third-order valence-corrected chi connectivity index (χ3v) is 6.15. The number of rotatable bonds is 8. The summed E-state index contributed by atoms with van der Waals surface area (Å²) in [4.78, 5) is 36.5. The molecule has 0 fully saturated rings. The fraction of sp³-hybridized carbons (Fsp3) is 0.421. The van der Waals surface area contributed by atoms with Crippen LogP contribution in [0.3, 0.4) is 0 Å². The van der Waals surface area contributed by atoms with Gasteiger partial charge >= 0.3 is 5.97 Å². The average Bonchev–Trinajstić information content (AvgIpc) is 2.78. The quantitative estimate of drug-likeness (QED) is 0.523. The lowest BCUT2D eigenvalue weighted by molar-refractivity contribution is -0.162. The predicted molar refractivity (Wildman–Crippen MR) is 111 cm³/mol. The van der Waals surface area contributed by atoms with Crippen LogP contribution in [0.15, 0.2) is 33.2 Å². The second kappa shape index (κ2) is 8.34. The van der Waals surface area contributed by atoms with Gasteiger partial charge < -0.3 is 14.6 Å². The summed E-state index contributed by atoms with van der Waals surface area (Å²) >= 11 is 6.19. The van der Waals surface area contributed by atoms with Crippen molar-refractivity contribution in [2.45, 2.75) is 45.3 Å². The van der Waals surface area contributed by atoms with E-state index in [4.69, 9.17) is 14.6 Å². The minimum Gasteiger partial charge on any atom is -0.488 e. The lowest BCUT2D eigenvalue weighted by atomic mass is 10.1. The Kier molecular flexibility index (Phi) is 6.73. The largest absolute Gasteiger partial charge is 0.488 e.